The number of amides is 1. The summed E-state index contributed by atoms with van der Waals surface area (Å²) in [7, 11) is 0. The molecule has 3 heterocycles. The minimum absolute atomic E-state index is 0.0242. The first-order valence-electron chi connectivity index (χ1n) is 7.62. The third kappa shape index (κ3) is 2.86. The number of fused-ring (bicyclic) bond motifs is 1. The van der Waals surface area contributed by atoms with Crippen molar-refractivity contribution in [3.63, 3.8) is 0 Å². The Morgan fingerprint density at radius 2 is 2.05 bits per heavy atom. The Hall–Kier alpha value is -2.24. The lowest BCUT2D eigenvalue weighted by Crippen LogP contribution is -2.35. The normalized spacial score (nSPS) is 17.1. The molecule has 0 spiro atoms. The van der Waals surface area contributed by atoms with Gasteiger partial charge in [-0.1, -0.05) is 0 Å². The molecule has 0 radical (unpaired) electrons. The molecule has 2 aromatic heterocycles. The van der Waals surface area contributed by atoms with Crippen LogP contribution in [-0.4, -0.2) is 25.4 Å². The first kappa shape index (κ1) is 14.7. The summed E-state index contributed by atoms with van der Waals surface area (Å²) in [6, 6.07) is 0. The maximum absolute atomic E-state index is 12.4. The second-order valence-electron chi connectivity index (χ2n) is 5.91. The predicted octanol–water partition coefficient (Wildman–Crippen LogP) is 1.48. The Labute approximate surface area is 130 Å². The van der Waals surface area contributed by atoms with Crippen LogP contribution in [0.5, 0.6) is 0 Å². The smallest absolute Gasteiger partial charge is 0.223 e. The van der Waals surface area contributed by atoms with E-state index in [9.17, 15) is 4.79 Å². The summed E-state index contributed by atoms with van der Waals surface area (Å²) in [6.45, 7) is 7.16. The van der Waals surface area contributed by atoms with Crippen LogP contribution < -0.4 is 5.32 Å². The van der Waals surface area contributed by atoms with E-state index in [2.05, 4.69) is 24.8 Å². The first-order chi connectivity index (χ1) is 10.5. The number of carbonyl (C=O) groups excluding carboxylic acids is 1. The molecule has 6 heteroatoms. The molecule has 3 rings (SSSR count). The number of rotatable bonds is 3. The molecule has 22 heavy (non-hydrogen) atoms. The molecule has 2 aromatic rings. The van der Waals surface area contributed by atoms with Crippen molar-refractivity contribution < 1.29 is 4.79 Å². The van der Waals surface area contributed by atoms with Gasteiger partial charge in [0.25, 0.3) is 0 Å². The van der Waals surface area contributed by atoms with Crippen LogP contribution in [0, 0.1) is 26.7 Å². The van der Waals surface area contributed by atoms with Crippen LogP contribution in [0.2, 0.25) is 0 Å². The highest BCUT2D eigenvalue weighted by molar-refractivity contribution is 5.79. The van der Waals surface area contributed by atoms with Gasteiger partial charge in [0.15, 0.2) is 0 Å². The Kier molecular flexibility index (Phi) is 3.92. The third-order valence-electron chi connectivity index (χ3n) is 4.32. The van der Waals surface area contributed by atoms with E-state index in [0.717, 1.165) is 47.9 Å². The van der Waals surface area contributed by atoms with Crippen molar-refractivity contribution in [2.24, 2.45) is 5.92 Å². The second-order valence-corrected chi connectivity index (χ2v) is 5.91. The maximum atomic E-state index is 12.4. The second kappa shape index (κ2) is 5.87. The monoisotopic (exact) mass is 299 g/mol. The van der Waals surface area contributed by atoms with Crippen molar-refractivity contribution in [2.45, 2.75) is 46.7 Å². The van der Waals surface area contributed by atoms with Gasteiger partial charge < -0.3 is 9.88 Å². The van der Waals surface area contributed by atoms with Gasteiger partial charge in [-0.2, -0.15) is 0 Å². The van der Waals surface area contributed by atoms with Gasteiger partial charge in [-0.05, 0) is 27.2 Å². The molecule has 1 atom stereocenters. The minimum Gasteiger partial charge on any atom is -0.352 e. The number of hydrogen-bond donors (Lipinski definition) is 1. The van der Waals surface area contributed by atoms with Crippen LogP contribution >= 0.6 is 0 Å². The number of aromatic nitrogens is 4. The fourth-order valence-electron chi connectivity index (χ4n) is 3.08. The zero-order valence-electron chi connectivity index (χ0n) is 13.3. The van der Waals surface area contributed by atoms with Gasteiger partial charge >= 0.3 is 0 Å². The van der Waals surface area contributed by atoms with Crippen LogP contribution in [0.1, 0.15) is 34.9 Å². The molecule has 1 aliphatic rings. The fraction of sp³-hybridized carbons (Fsp3) is 0.500. The average molecular weight is 299 g/mol. The summed E-state index contributed by atoms with van der Waals surface area (Å²) in [5.74, 6) is 0.897. The topological polar surface area (TPSA) is 72.7 Å². The summed E-state index contributed by atoms with van der Waals surface area (Å²) >= 11 is 0. The molecule has 0 aliphatic carbocycles. The molecule has 1 aliphatic heterocycles. The Bertz CT molecular complexity index is 683. The summed E-state index contributed by atoms with van der Waals surface area (Å²) in [5.41, 5.74) is 4.02. The zero-order valence-corrected chi connectivity index (χ0v) is 13.3. The molecule has 1 unspecified atom stereocenters. The first-order valence-corrected chi connectivity index (χ1v) is 7.62. The SMILES string of the molecule is Cc1nc(C)c(CNC(=O)C2CCn3cncc3C2)c(C)n1. The van der Waals surface area contributed by atoms with Crippen molar-refractivity contribution in [1.29, 1.82) is 0 Å². The number of imidazole rings is 1. The average Bonchev–Trinajstić information content (AvgIpc) is 2.93. The van der Waals surface area contributed by atoms with Gasteiger partial charge in [0.2, 0.25) is 5.91 Å². The number of nitrogens with one attached hydrogen (secondary N) is 1. The molecule has 0 bridgehead atoms. The van der Waals surface area contributed by atoms with Crippen LogP contribution in [-0.2, 0) is 24.3 Å². The number of aryl methyl sites for hydroxylation is 4. The van der Waals surface area contributed by atoms with Crippen molar-refractivity contribution >= 4 is 5.91 Å². The van der Waals surface area contributed by atoms with Gasteiger partial charge in [0.05, 0.1) is 6.33 Å². The number of nitrogens with zero attached hydrogens (tertiary/aromatic N) is 4. The molecular formula is C16H21N5O. The number of carbonyl (C=O) groups is 1. The highest BCUT2D eigenvalue weighted by atomic mass is 16.1. The van der Waals surface area contributed by atoms with E-state index in [4.69, 9.17) is 0 Å². The van der Waals surface area contributed by atoms with Crippen molar-refractivity contribution in [1.82, 2.24) is 24.8 Å². The van der Waals surface area contributed by atoms with Crippen LogP contribution in [0.4, 0.5) is 0 Å². The van der Waals surface area contributed by atoms with Crippen LogP contribution in [0.3, 0.4) is 0 Å². The Morgan fingerprint density at radius 1 is 1.32 bits per heavy atom. The zero-order chi connectivity index (χ0) is 15.7. The molecule has 1 N–H and O–H groups in total. The molecule has 0 aromatic carbocycles. The van der Waals surface area contributed by atoms with Gasteiger partial charge in [-0.15, -0.1) is 0 Å². The predicted molar refractivity (Wildman–Crippen MR) is 82.1 cm³/mol. The van der Waals surface area contributed by atoms with Gasteiger partial charge in [0, 0.05) is 54.3 Å². The third-order valence-corrected chi connectivity index (χ3v) is 4.32. The van der Waals surface area contributed by atoms with E-state index in [1.807, 2.05) is 33.3 Å². The van der Waals surface area contributed by atoms with E-state index in [-0.39, 0.29) is 11.8 Å². The summed E-state index contributed by atoms with van der Waals surface area (Å²) in [4.78, 5) is 25.3. The molecule has 6 nitrogen and oxygen atoms in total. The minimum atomic E-state index is 0.0242. The molecule has 0 saturated heterocycles. The van der Waals surface area contributed by atoms with E-state index in [0.29, 0.717) is 6.54 Å². The lowest BCUT2D eigenvalue weighted by Gasteiger charge is -2.23. The highest BCUT2D eigenvalue weighted by Gasteiger charge is 2.24. The van der Waals surface area contributed by atoms with Crippen LogP contribution in [0.15, 0.2) is 12.5 Å². The molecule has 0 saturated carbocycles. The Balaban J connectivity index is 1.64. The maximum Gasteiger partial charge on any atom is 0.223 e. The molecule has 0 fully saturated rings. The summed E-state index contributed by atoms with van der Waals surface area (Å²) in [5, 5.41) is 3.04. The van der Waals surface area contributed by atoms with Gasteiger partial charge in [0.1, 0.15) is 5.82 Å². The van der Waals surface area contributed by atoms with E-state index >= 15 is 0 Å². The van der Waals surface area contributed by atoms with E-state index in [1.54, 1.807) is 0 Å². The Morgan fingerprint density at radius 3 is 2.77 bits per heavy atom. The quantitative estimate of drug-likeness (QED) is 0.931. The van der Waals surface area contributed by atoms with Crippen LogP contribution in [0.25, 0.3) is 0 Å². The number of hydrogen-bond acceptors (Lipinski definition) is 4. The lowest BCUT2D eigenvalue weighted by atomic mass is 9.95. The molecule has 1 amide bonds. The van der Waals surface area contributed by atoms with Crippen molar-refractivity contribution in [3.05, 3.63) is 41.0 Å². The summed E-state index contributed by atoms with van der Waals surface area (Å²) in [6.07, 6.45) is 5.30. The summed E-state index contributed by atoms with van der Waals surface area (Å²) < 4.78 is 2.12. The van der Waals surface area contributed by atoms with Crippen molar-refractivity contribution in [3.8, 4) is 0 Å². The lowest BCUT2D eigenvalue weighted by molar-refractivity contribution is -0.125. The van der Waals surface area contributed by atoms with Crippen molar-refractivity contribution in [2.75, 3.05) is 0 Å². The van der Waals surface area contributed by atoms with E-state index in [1.165, 1.54) is 0 Å². The molecule has 116 valence electrons. The van der Waals surface area contributed by atoms with E-state index < -0.39 is 0 Å². The van der Waals surface area contributed by atoms with Gasteiger partial charge in [-0.3, -0.25) is 4.79 Å². The van der Waals surface area contributed by atoms with Gasteiger partial charge in [-0.25, -0.2) is 15.0 Å². The molecular weight excluding hydrogens is 278 g/mol. The fourth-order valence-corrected chi connectivity index (χ4v) is 3.08. The highest BCUT2D eigenvalue weighted by Crippen LogP contribution is 2.20. The largest absolute Gasteiger partial charge is 0.352 e. The standard InChI is InChI=1S/C16H21N5O/c1-10-15(11(2)20-12(3)19-10)8-18-16(22)13-4-5-21-9-17-7-14(21)6-13/h7,9,13H,4-6,8H2,1-3H3,(H,18,22).